The first-order valence-electron chi connectivity index (χ1n) is 9.42. The van der Waals surface area contributed by atoms with Gasteiger partial charge in [0.1, 0.15) is 11.1 Å². The van der Waals surface area contributed by atoms with Gasteiger partial charge in [-0.15, -0.1) is 0 Å². The van der Waals surface area contributed by atoms with Gasteiger partial charge < -0.3 is 24.5 Å². The van der Waals surface area contributed by atoms with Crippen LogP contribution in [0, 0.1) is 0 Å². The highest BCUT2D eigenvalue weighted by atomic mass is 79.9. The monoisotopic (exact) mass is 463 g/mol. The van der Waals surface area contributed by atoms with Crippen molar-refractivity contribution in [2.75, 3.05) is 0 Å². The minimum atomic E-state index is -0.735. The highest BCUT2D eigenvalue weighted by Gasteiger charge is 2.42. The number of aromatic amines is 2. The summed E-state index contributed by atoms with van der Waals surface area (Å²) in [5.41, 5.74) is 0.139. The highest BCUT2D eigenvalue weighted by molar-refractivity contribution is 9.10. The molecule has 10 heteroatoms. The fourth-order valence-electron chi connectivity index (χ4n) is 3.69. The Labute approximate surface area is 174 Å². The predicted molar refractivity (Wildman–Crippen MR) is 109 cm³/mol. The Hall–Kier alpha value is -2.62. The van der Waals surface area contributed by atoms with Gasteiger partial charge in [-0.3, -0.25) is 0 Å². The van der Waals surface area contributed by atoms with E-state index in [2.05, 4.69) is 41.4 Å². The van der Waals surface area contributed by atoms with Crippen molar-refractivity contribution in [3.63, 3.8) is 0 Å². The van der Waals surface area contributed by atoms with E-state index < -0.39 is 17.2 Å². The quantitative estimate of drug-likeness (QED) is 0.539. The van der Waals surface area contributed by atoms with Crippen LogP contribution in [0.4, 0.5) is 4.79 Å². The van der Waals surface area contributed by atoms with Gasteiger partial charge in [0.2, 0.25) is 0 Å². The van der Waals surface area contributed by atoms with Gasteiger partial charge in [0.05, 0.1) is 16.6 Å². The fraction of sp³-hybridized carbons (Fsp3) is 0.474. The second kappa shape index (κ2) is 7.01. The maximum Gasteiger partial charge on any atom is 0.408 e. The van der Waals surface area contributed by atoms with Gasteiger partial charge in [0, 0.05) is 4.47 Å². The topological polar surface area (TPSA) is 126 Å². The number of nitrogens with zero attached hydrogens (tertiary/aromatic N) is 2. The number of benzene rings is 1. The van der Waals surface area contributed by atoms with Crippen LogP contribution in [0.5, 0.6) is 0 Å². The molecule has 2 heterocycles. The van der Waals surface area contributed by atoms with Crippen molar-refractivity contribution in [3.05, 3.63) is 32.9 Å². The summed E-state index contributed by atoms with van der Waals surface area (Å²) in [5, 5.41) is 7.13. The van der Waals surface area contributed by atoms with E-state index in [0.717, 1.165) is 17.3 Å². The van der Waals surface area contributed by atoms with Gasteiger partial charge in [-0.2, -0.15) is 4.98 Å². The Morgan fingerprint density at radius 3 is 2.69 bits per heavy atom. The zero-order valence-corrected chi connectivity index (χ0v) is 18.0. The average molecular weight is 464 g/mol. The van der Waals surface area contributed by atoms with E-state index in [1.165, 1.54) is 0 Å². The average Bonchev–Trinajstić information content (AvgIpc) is 3.30. The van der Waals surface area contributed by atoms with Gasteiger partial charge >= 0.3 is 11.8 Å². The van der Waals surface area contributed by atoms with Crippen molar-refractivity contribution in [2.45, 2.75) is 57.6 Å². The predicted octanol–water partition coefficient (Wildman–Crippen LogP) is 3.96. The molecular weight excluding hydrogens is 442 g/mol. The normalized spacial score (nSPS) is 16.3. The van der Waals surface area contributed by atoms with Crippen molar-refractivity contribution in [2.24, 2.45) is 0 Å². The van der Waals surface area contributed by atoms with E-state index in [0.29, 0.717) is 35.3 Å². The molecule has 0 saturated heterocycles. The van der Waals surface area contributed by atoms with E-state index in [-0.39, 0.29) is 11.6 Å². The van der Waals surface area contributed by atoms with Gasteiger partial charge in [-0.25, -0.2) is 9.59 Å². The molecule has 3 N–H and O–H groups in total. The third-order valence-electron chi connectivity index (χ3n) is 4.87. The third kappa shape index (κ3) is 3.93. The Morgan fingerprint density at radius 1 is 1.28 bits per heavy atom. The van der Waals surface area contributed by atoms with Crippen LogP contribution in [-0.2, 0) is 10.3 Å². The number of nitrogens with one attached hydrogen (secondary N) is 3. The van der Waals surface area contributed by atoms with E-state index in [1.807, 2.05) is 20.8 Å². The SMILES string of the molecule is CC(C)(C)OC(=O)NC1(c2noc(-c3cc(Br)cc4[nH]c(=O)[nH]c34)n2)CCCC1. The minimum absolute atomic E-state index is 0.263. The highest BCUT2D eigenvalue weighted by Crippen LogP contribution is 2.39. The van der Waals surface area contributed by atoms with Crippen LogP contribution in [0.3, 0.4) is 0 Å². The lowest BCUT2D eigenvalue weighted by Gasteiger charge is -2.28. The molecule has 1 saturated carbocycles. The minimum Gasteiger partial charge on any atom is -0.444 e. The molecule has 3 aromatic rings. The molecule has 0 spiro atoms. The Bertz CT molecular complexity index is 1120. The lowest BCUT2D eigenvalue weighted by molar-refractivity contribution is 0.0446. The van der Waals surface area contributed by atoms with Crippen LogP contribution in [0.2, 0.25) is 0 Å². The smallest absolute Gasteiger partial charge is 0.408 e. The lowest BCUT2D eigenvalue weighted by atomic mass is 9.97. The molecule has 29 heavy (non-hydrogen) atoms. The number of hydrogen-bond donors (Lipinski definition) is 3. The molecule has 1 fully saturated rings. The number of halogens is 1. The molecular formula is C19H22BrN5O4. The lowest BCUT2D eigenvalue weighted by Crippen LogP contribution is -2.46. The van der Waals surface area contributed by atoms with Crippen molar-refractivity contribution in [1.29, 1.82) is 0 Å². The molecule has 154 valence electrons. The first kappa shape index (κ1) is 19.7. The molecule has 0 radical (unpaired) electrons. The zero-order chi connectivity index (χ0) is 20.8. The molecule has 1 aromatic carbocycles. The van der Waals surface area contributed by atoms with Crippen molar-refractivity contribution in [3.8, 4) is 11.5 Å². The van der Waals surface area contributed by atoms with Crippen molar-refractivity contribution in [1.82, 2.24) is 25.4 Å². The maximum absolute atomic E-state index is 12.4. The molecule has 0 aliphatic heterocycles. The zero-order valence-electron chi connectivity index (χ0n) is 16.4. The molecule has 0 bridgehead atoms. The summed E-state index contributed by atoms with van der Waals surface area (Å²) in [7, 11) is 0. The number of imidazole rings is 1. The molecule has 2 aromatic heterocycles. The third-order valence-corrected chi connectivity index (χ3v) is 5.33. The van der Waals surface area contributed by atoms with Crippen LogP contribution in [0.1, 0.15) is 52.3 Å². The molecule has 9 nitrogen and oxygen atoms in total. The first-order valence-corrected chi connectivity index (χ1v) is 10.2. The molecule has 1 amide bonds. The van der Waals surface area contributed by atoms with Crippen LogP contribution in [0.25, 0.3) is 22.5 Å². The summed E-state index contributed by atoms with van der Waals surface area (Å²) in [6.07, 6.45) is 2.75. The van der Waals surface area contributed by atoms with Gasteiger partial charge in [0.15, 0.2) is 5.82 Å². The van der Waals surface area contributed by atoms with E-state index in [1.54, 1.807) is 12.1 Å². The maximum atomic E-state index is 12.4. The summed E-state index contributed by atoms with van der Waals surface area (Å²) in [4.78, 5) is 34.2. The summed E-state index contributed by atoms with van der Waals surface area (Å²) in [6.45, 7) is 5.45. The molecule has 4 rings (SSSR count). The van der Waals surface area contributed by atoms with Crippen LogP contribution in [0.15, 0.2) is 25.9 Å². The number of carbonyl (C=O) groups excluding carboxylic acids is 1. The number of amides is 1. The number of rotatable bonds is 3. The Balaban J connectivity index is 1.70. The molecule has 1 aliphatic carbocycles. The van der Waals surface area contributed by atoms with Gasteiger partial charge in [-0.05, 0) is 45.7 Å². The van der Waals surface area contributed by atoms with Crippen LogP contribution < -0.4 is 11.0 Å². The number of fused-ring (bicyclic) bond motifs is 1. The summed E-state index contributed by atoms with van der Waals surface area (Å²) in [5.74, 6) is 0.667. The Kier molecular flexibility index (Phi) is 4.76. The summed E-state index contributed by atoms with van der Waals surface area (Å²) >= 11 is 3.43. The van der Waals surface area contributed by atoms with E-state index >= 15 is 0 Å². The van der Waals surface area contributed by atoms with Gasteiger partial charge in [0.25, 0.3) is 5.89 Å². The largest absolute Gasteiger partial charge is 0.444 e. The van der Waals surface area contributed by atoms with Crippen molar-refractivity contribution >= 4 is 33.1 Å². The van der Waals surface area contributed by atoms with Crippen LogP contribution in [-0.4, -0.2) is 31.8 Å². The van der Waals surface area contributed by atoms with E-state index in [4.69, 9.17) is 9.26 Å². The second-order valence-electron chi connectivity index (χ2n) is 8.29. The summed E-state index contributed by atoms with van der Waals surface area (Å²) in [6, 6.07) is 3.59. The number of hydrogen-bond acceptors (Lipinski definition) is 6. The van der Waals surface area contributed by atoms with Crippen LogP contribution >= 0.6 is 15.9 Å². The number of H-pyrrole nitrogens is 2. The van der Waals surface area contributed by atoms with Gasteiger partial charge in [-0.1, -0.05) is 33.9 Å². The summed E-state index contributed by atoms with van der Waals surface area (Å²) < 4.78 is 11.7. The molecule has 0 unspecified atom stereocenters. The number of alkyl carbamates (subject to hydrolysis) is 1. The number of ether oxygens (including phenoxy) is 1. The van der Waals surface area contributed by atoms with Crippen molar-refractivity contribution < 1.29 is 14.1 Å². The number of aromatic nitrogens is 4. The first-order chi connectivity index (χ1) is 13.7. The Morgan fingerprint density at radius 2 is 2.00 bits per heavy atom. The fourth-order valence-corrected chi connectivity index (χ4v) is 4.14. The van der Waals surface area contributed by atoms with E-state index in [9.17, 15) is 9.59 Å². The molecule has 0 atom stereocenters. The molecule has 1 aliphatic rings. The number of carbonyl (C=O) groups is 1. The second-order valence-corrected chi connectivity index (χ2v) is 9.21. The standard InChI is InChI=1S/C19H22BrN5O4/c1-18(2,3)28-17(27)24-19(6-4-5-7-19)15-23-14(29-25-15)11-8-10(20)9-12-13(11)22-16(26)21-12/h8-9H,4-7H2,1-3H3,(H,24,27)(H2,21,22,26).